The van der Waals surface area contributed by atoms with Crippen molar-refractivity contribution in [2.75, 3.05) is 20.3 Å². The first-order valence-electron chi connectivity index (χ1n) is 5.53. The van der Waals surface area contributed by atoms with Gasteiger partial charge in [0.2, 0.25) is 0 Å². The van der Waals surface area contributed by atoms with Gasteiger partial charge in [-0.2, -0.15) is 0 Å². The van der Waals surface area contributed by atoms with Gasteiger partial charge in [0.1, 0.15) is 0 Å². The first-order chi connectivity index (χ1) is 6.88. The topological polar surface area (TPSA) is 21.3 Å². The fourth-order valence-electron chi connectivity index (χ4n) is 2.09. The summed E-state index contributed by atoms with van der Waals surface area (Å²) in [5.74, 6) is 6.86. The van der Waals surface area contributed by atoms with Gasteiger partial charge in [-0.25, -0.2) is 0 Å². The molecular weight excluding hydrogens is 174 g/mol. The number of rotatable bonds is 4. The second-order valence-corrected chi connectivity index (χ2v) is 3.81. The van der Waals surface area contributed by atoms with Crippen molar-refractivity contribution >= 4 is 0 Å². The smallest absolute Gasteiger partial charge is 0.0469 e. The summed E-state index contributed by atoms with van der Waals surface area (Å²) in [6.07, 6.45) is 4.58. The Balaban J connectivity index is 2.30. The van der Waals surface area contributed by atoms with E-state index in [1.807, 2.05) is 6.92 Å². The van der Waals surface area contributed by atoms with E-state index in [1.165, 1.54) is 19.3 Å². The zero-order valence-electron chi connectivity index (χ0n) is 9.31. The molecule has 0 aromatic heterocycles. The molecule has 1 fully saturated rings. The van der Waals surface area contributed by atoms with Crippen LogP contribution < -0.4 is 5.32 Å². The van der Waals surface area contributed by atoms with Gasteiger partial charge < -0.3 is 10.1 Å². The molecule has 1 aliphatic heterocycles. The molecular formula is C12H21NO. The highest BCUT2D eigenvalue weighted by atomic mass is 16.5. The standard InChI is InChI=1S/C12H21NO/c1-3-4-5-6-12(13-2)11-7-9-14-10-8-11/h11-13H,5-10H2,1-2H3. The third-order valence-corrected chi connectivity index (χ3v) is 2.96. The third-order valence-electron chi connectivity index (χ3n) is 2.96. The summed E-state index contributed by atoms with van der Waals surface area (Å²) >= 11 is 0. The van der Waals surface area contributed by atoms with Gasteiger partial charge in [-0.1, -0.05) is 0 Å². The minimum atomic E-state index is 0.625. The normalized spacial score (nSPS) is 19.9. The number of hydrogen-bond donors (Lipinski definition) is 1. The van der Waals surface area contributed by atoms with Gasteiger partial charge in [-0.05, 0) is 39.2 Å². The lowest BCUT2D eigenvalue weighted by molar-refractivity contribution is 0.0538. The molecule has 1 heterocycles. The van der Waals surface area contributed by atoms with Gasteiger partial charge in [0, 0.05) is 25.7 Å². The zero-order valence-corrected chi connectivity index (χ0v) is 9.31. The first-order valence-corrected chi connectivity index (χ1v) is 5.53. The van der Waals surface area contributed by atoms with E-state index in [4.69, 9.17) is 4.74 Å². The van der Waals surface area contributed by atoms with Gasteiger partial charge in [-0.3, -0.25) is 0 Å². The van der Waals surface area contributed by atoms with Crippen molar-refractivity contribution < 1.29 is 4.74 Å². The summed E-state index contributed by atoms with van der Waals surface area (Å²) in [6.45, 7) is 3.77. The molecule has 14 heavy (non-hydrogen) atoms. The molecule has 1 rings (SSSR count). The average molecular weight is 195 g/mol. The molecule has 0 aromatic carbocycles. The molecule has 2 nitrogen and oxygen atoms in total. The Hall–Kier alpha value is -0.520. The SMILES string of the molecule is CC#CCCC(NC)C1CCOCC1. The zero-order chi connectivity index (χ0) is 10.2. The summed E-state index contributed by atoms with van der Waals surface area (Å²) in [5, 5.41) is 3.41. The maximum Gasteiger partial charge on any atom is 0.0469 e. The van der Waals surface area contributed by atoms with Crippen LogP contribution in [0.5, 0.6) is 0 Å². The molecule has 0 aliphatic carbocycles. The predicted molar refractivity (Wildman–Crippen MR) is 59.1 cm³/mol. The number of ether oxygens (including phenoxy) is 1. The van der Waals surface area contributed by atoms with E-state index in [2.05, 4.69) is 24.2 Å². The number of hydrogen-bond acceptors (Lipinski definition) is 2. The van der Waals surface area contributed by atoms with Crippen LogP contribution in [-0.4, -0.2) is 26.3 Å². The predicted octanol–water partition coefficient (Wildman–Crippen LogP) is 1.80. The maximum atomic E-state index is 5.36. The van der Waals surface area contributed by atoms with Crippen molar-refractivity contribution in [3.05, 3.63) is 0 Å². The highest BCUT2D eigenvalue weighted by Crippen LogP contribution is 2.21. The summed E-state index contributed by atoms with van der Waals surface area (Å²) in [4.78, 5) is 0. The van der Waals surface area contributed by atoms with Crippen molar-refractivity contribution in [1.82, 2.24) is 5.32 Å². The van der Waals surface area contributed by atoms with Crippen LogP contribution in [0.1, 0.15) is 32.6 Å². The van der Waals surface area contributed by atoms with Crippen LogP contribution in [0.2, 0.25) is 0 Å². The van der Waals surface area contributed by atoms with Crippen molar-refractivity contribution in [1.29, 1.82) is 0 Å². The summed E-state index contributed by atoms with van der Waals surface area (Å²) < 4.78 is 5.36. The van der Waals surface area contributed by atoms with Crippen molar-refractivity contribution in [2.24, 2.45) is 5.92 Å². The maximum absolute atomic E-state index is 5.36. The number of nitrogens with one attached hydrogen (secondary N) is 1. The Morgan fingerprint density at radius 1 is 1.43 bits per heavy atom. The molecule has 0 spiro atoms. The van der Waals surface area contributed by atoms with E-state index >= 15 is 0 Å². The van der Waals surface area contributed by atoms with Gasteiger partial charge in [0.05, 0.1) is 0 Å². The van der Waals surface area contributed by atoms with E-state index in [1.54, 1.807) is 0 Å². The van der Waals surface area contributed by atoms with Crippen LogP contribution in [0, 0.1) is 17.8 Å². The van der Waals surface area contributed by atoms with E-state index < -0.39 is 0 Å². The minimum Gasteiger partial charge on any atom is -0.381 e. The quantitative estimate of drug-likeness (QED) is 0.691. The van der Waals surface area contributed by atoms with Crippen LogP contribution in [0.15, 0.2) is 0 Å². The highest BCUT2D eigenvalue weighted by molar-refractivity contribution is 4.96. The molecule has 0 amide bonds. The largest absolute Gasteiger partial charge is 0.381 e. The molecule has 1 N–H and O–H groups in total. The second-order valence-electron chi connectivity index (χ2n) is 3.81. The molecule has 0 saturated carbocycles. The van der Waals surface area contributed by atoms with E-state index in [-0.39, 0.29) is 0 Å². The van der Waals surface area contributed by atoms with Gasteiger partial charge in [0.15, 0.2) is 0 Å². The Kier molecular flexibility index (Phi) is 5.66. The highest BCUT2D eigenvalue weighted by Gasteiger charge is 2.21. The third kappa shape index (κ3) is 3.69. The lowest BCUT2D eigenvalue weighted by Gasteiger charge is -2.29. The molecule has 1 saturated heterocycles. The van der Waals surface area contributed by atoms with Crippen molar-refractivity contribution in [2.45, 2.75) is 38.6 Å². The first kappa shape index (κ1) is 11.6. The second kappa shape index (κ2) is 6.86. The Morgan fingerprint density at radius 2 is 2.14 bits per heavy atom. The lowest BCUT2D eigenvalue weighted by atomic mass is 9.89. The molecule has 80 valence electrons. The Bertz CT molecular complexity index is 198. The molecule has 1 aliphatic rings. The molecule has 1 atom stereocenters. The average Bonchev–Trinajstić information content (AvgIpc) is 2.26. The molecule has 0 radical (unpaired) electrons. The molecule has 0 bridgehead atoms. The van der Waals surface area contributed by atoms with Crippen LogP contribution in [0.3, 0.4) is 0 Å². The molecule has 2 heteroatoms. The van der Waals surface area contributed by atoms with Crippen molar-refractivity contribution in [3.8, 4) is 11.8 Å². The van der Waals surface area contributed by atoms with Crippen molar-refractivity contribution in [3.63, 3.8) is 0 Å². The molecule has 1 unspecified atom stereocenters. The fraction of sp³-hybridized carbons (Fsp3) is 0.833. The van der Waals surface area contributed by atoms with Crippen LogP contribution in [-0.2, 0) is 4.74 Å². The lowest BCUT2D eigenvalue weighted by Crippen LogP contribution is -2.36. The van der Waals surface area contributed by atoms with Gasteiger partial charge >= 0.3 is 0 Å². The van der Waals surface area contributed by atoms with Crippen LogP contribution in [0.25, 0.3) is 0 Å². The van der Waals surface area contributed by atoms with Gasteiger partial charge in [0.25, 0.3) is 0 Å². The minimum absolute atomic E-state index is 0.625. The van der Waals surface area contributed by atoms with E-state index in [0.717, 1.165) is 25.6 Å². The van der Waals surface area contributed by atoms with E-state index in [0.29, 0.717) is 6.04 Å². The molecule has 0 aromatic rings. The fourth-order valence-corrected chi connectivity index (χ4v) is 2.09. The summed E-state index contributed by atoms with van der Waals surface area (Å²) in [6, 6.07) is 0.625. The Morgan fingerprint density at radius 3 is 2.71 bits per heavy atom. The van der Waals surface area contributed by atoms with Crippen LogP contribution in [0.4, 0.5) is 0 Å². The van der Waals surface area contributed by atoms with E-state index in [9.17, 15) is 0 Å². The Labute approximate surface area is 87.4 Å². The van der Waals surface area contributed by atoms with Crippen LogP contribution >= 0.6 is 0 Å². The van der Waals surface area contributed by atoms with Gasteiger partial charge in [-0.15, -0.1) is 11.8 Å². The summed E-state index contributed by atoms with van der Waals surface area (Å²) in [7, 11) is 2.06. The monoisotopic (exact) mass is 195 g/mol. The summed E-state index contributed by atoms with van der Waals surface area (Å²) in [5.41, 5.74) is 0.